The Hall–Kier alpha value is -2.10. The van der Waals surface area contributed by atoms with Crippen molar-refractivity contribution in [3.63, 3.8) is 0 Å². The molecule has 4 heteroatoms. The molecule has 19 heavy (non-hydrogen) atoms. The monoisotopic (exact) mass is 258 g/mol. The molecule has 0 aliphatic heterocycles. The predicted molar refractivity (Wildman–Crippen MR) is 76.1 cm³/mol. The summed E-state index contributed by atoms with van der Waals surface area (Å²) in [6.45, 7) is 5.25. The van der Waals surface area contributed by atoms with Crippen LogP contribution in [0, 0.1) is 5.92 Å². The zero-order valence-electron chi connectivity index (χ0n) is 11.4. The van der Waals surface area contributed by atoms with E-state index in [-0.39, 0.29) is 23.7 Å². The van der Waals surface area contributed by atoms with Gasteiger partial charge >= 0.3 is 0 Å². The van der Waals surface area contributed by atoms with E-state index in [4.69, 9.17) is 0 Å². The lowest BCUT2D eigenvalue weighted by molar-refractivity contribution is -0.118. The van der Waals surface area contributed by atoms with E-state index in [1.54, 1.807) is 0 Å². The number of carbonyl (C=O) groups is 2. The number of nitrogens with one attached hydrogen (secondary N) is 2. The van der Waals surface area contributed by atoms with E-state index in [1.807, 2.05) is 44.2 Å². The Balaban J connectivity index is 2.04. The number of ketones is 1. The summed E-state index contributed by atoms with van der Waals surface area (Å²) in [5.74, 6) is 0.0802. The fourth-order valence-electron chi connectivity index (χ4n) is 2.23. The van der Waals surface area contributed by atoms with E-state index in [2.05, 4.69) is 10.6 Å². The summed E-state index contributed by atoms with van der Waals surface area (Å²) in [4.78, 5) is 22.6. The third-order valence-corrected chi connectivity index (χ3v) is 3.31. The number of hydrogen-bond donors (Lipinski definition) is 2. The van der Waals surface area contributed by atoms with Crippen LogP contribution in [0.15, 0.2) is 35.9 Å². The molecule has 1 aromatic rings. The first-order valence-corrected chi connectivity index (χ1v) is 6.34. The first kappa shape index (κ1) is 13.3. The predicted octanol–water partition coefficient (Wildman–Crippen LogP) is 2.59. The minimum absolute atomic E-state index is 0.0324. The Kier molecular flexibility index (Phi) is 3.69. The fraction of sp³-hybridized carbons (Fsp3) is 0.333. The van der Waals surface area contributed by atoms with Crippen LogP contribution in [-0.4, -0.2) is 17.7 Å². The van der Waals surface area contributed by atoms with Gasteiger partial charge in [-0.1, -0.05) is 13.0 Å². The van der Waals surface area contributed by atoms with Gasteiger partial charge in [-0.15, -0.1) is 0 Å². The lowest BCUT2D eigenvalue weighted by Crippen LogP contribution is -2.25. The van der Waals surface area contributed by atoms with E-state index >= 15 is 0 Å². The zero-order valence-corrected chi connectivity index (χ0v) is 11.4. The standard InChI is InChI=1S/C15H18N2O2/c1-9-8-14(10(2)15(9)19)17-13-6-4-12(5-7-13)16-11(3)18/h4-8,10,14,17H,1-3H3,(H,16,18)/t10-,14+/m0/s1. The molecule has 0 spiro atoms. The summed E-state index contributed by atoms with van der Waals surface area (Å²) in [5, 5.41) is 6.04. The Morgan fingerprint density at radius 2 is 1.74 bits per heavy atom. The van der Waals surface area contributed by atoms with Crippen molar-refractivity contribution in [1.82, 2.24) is 0 Å². The smallest absolute Gasteiger partial charge is 0.221 e. The summed E-state index contributed by atoms with van der Waals surface area (Å²) in [6, 6.07) is 7.50. The summed E-state index contributed by atoms with van der Waals surface area (Å²) >= 11 is 0. The van der Waals surface area contributed by atoms with Gasteiger partial charge in [-0.3, -0.25) is 9.59 Å². The molecule has 2 rings (SSSR count). The minimum Gasteiger partial charge on any atom is -0.378 e. The molecule has 4 nitrogen and oxygen atoms in total. The molecular weight excluding hydrogens is 240 g/mol. The molecule has 0 unspecified atom stereocenters. The number of anilines is 2. The molecule has 2 atom stereocenters. The van der Waals surface area contributed by atoms with Gasteiger partial charge in [-0.05, 0) is 36.8 Å². The summed E-state index contributed by atoms with van der Waals surface area (Å²) in [5.41, 5.74) is 2.52. The highest BCUT2D eigenvalue weighted by Gasteiger charge is 2.29. The number of carbonyl (C=O) groups excluding carboxylic acids is 2. The highest BCUT2D eigenvalue weighted by atomic mass is 16.1. The maximum atomic E-state index is 11.7. The van der Waals surface area contributed by atoms with Crippen molar-refractivity contribution in [3.05, 3.63) is 35.9 Å². The third-order valence-electron chi connectivity index (χ3n) is 3.31. The van der Waals surface area contributed by atoms with Gasteiger partial charge in [0.2, 0.25) is 5.91 Å². The number of amides is 1. The number of benzene rings is 1. The average Bonchev–Trinajstić information content (AvgIpc) is 2.59. The minimum atomic E-state index is -0.0886. The van der Waals surface area contributed by atoms with Crippen molar-refractivity contribution in [2.75, 3.05) is 10.6 Å². The number of hydrogen-bond acceptors (Lipinski definition) is 3. The fourth-order valence-corrected chi connectivity index (χ4v) is 2.23. The Labute approximate surface area is 112 Å². The molecule has 1 aromatic carbocycles. The van der Waals surface area contributed by atoms with Crippen LogP contribution in [0.3, 0.4) is 0 Å². The van der Waals surface area contributed by atoms with Crippen molar-refractivity contribution in [2.45, 2.75) is 26.8 Å². The van der Waals surface area contributed by atoms with Crippen LogP contribution >= 0.6 is 0 Å². The maximum absolute atomic E-state index is 11.7. The van der Waals surface area contributed by atoms with Crippen LogP contribution in [0.2, 0.25) is 0 Å². The van der Waals surface area contributed by atoms with Gasteiger partial charge in [0.25, 0.3) is 0 Å². The first-order chi connectivity index (χ1) is 8.97. The van der Waals surface area contributed by atoms with Crippen LogP contribution < -0.4 is 10.6 Å². The van der Waals surface area contributed by atoms with Crippen molar-refractivity contribution in [1.29, 1.82) is 0 Å². The number of rotatable bonds is 3. The van der Waals surface area contributed by atoms with Gasteiger partial charge in [0.05, 0.1) is 6.04 Å². The number of Topliss-reactive ketones (excluding diaryl/α,β-unsaturated/α-hetero) is 1. The zero-order chi connectivity index (χ0) is 14.0. The molecule has 100 valence electrons. The van der Waals surface area contributed by atoms with Crippen molar-refractivity contribution in [3.8, 4) is 0 Å². The van der Waals surface area contributed by atoms with E-state index in [1.165, 1.54) is 6.92 Å². The largest absolute Gasteiger partial charge is 0.378 e. The highest BCUT2D eigenvalue weighted by molar-refractivity contribution is 6.00. The maximum Gasteiger partial charge on any atom is 0.221 e. The molecular formula is C15H18N2O2. The Bertz CT molecular complexity index is 532. The molecule has 0 fully saturated rings. The molecule has 0 saturated heterocycles. The molecule has 0 heterocycles. The van der Waals surface area contributed by atoms with Crippen LogP contribution in [-0.2, 0) is 9.59 Å². The van der Waals surface area contributed by atoms with E-state index in [9.17, 15) is 9.59 Å². The van der Waals surface area contributed by atoms with Gasteiger partial charge in [-0.25, -0.2) is 0 Å². The van der Waals surface area contributed by atoms with E-state index < -0.39 is 0 Å². The van der Waals surface area contributed by atoms with Gasteiger partial charge in [0.1, 0.15) is 0 Å². The SMILES string of the molecule is CC(=O)Nc1ccc(N[C@@H]2C=C(C)C(=O)[C@H]2C)cc1. The Morgan fingerprint density at radius 1 is 1.16 bits per heavy atom. The summed E-state index contributed by atoms with van der Waals surface area (Å²) in [6.07, 6.45) is 1.97. The normalized spacial score (nSPS) is 22.1. The molecule has 0 saturated carbocycles. The van der Waals surface area contributed by atoms with Gasteiger partial charge in [0.15, 0.2) is 5.78 Å². The molecule has 1 aliphatic rings. The van der Waals surface area contributed by atoms with E-state index in [0.717, 1.165) is 16.9 Å². The van der Waals surface area contributed by atoms with Crippen molar-refractivity contribution >= 4 is 23.1 Å². The molecule has 1 amide bonds. The Morgan fingerprint density at radius 3 is 2.21 bits per heavy atom. The second-order valence-corrected chi connectivity index (χ2v) is 4.93. The van der Waals surface area contributed by atoms with Gasteiger partial charge < -0.3 is 10.6 Å². The van der Waals surface area contributed by atoms with E-state index in [0.29, 0.717) is 0 Å². The molecule has 0 radical (unpaired) electrons. The van der Waals surface area contributed by atoms with Gasteiger partial charge in [0, 0.05) is 24.2 Å². The summed E-state index contributed by atoms with van der Waals surface area (Å²) in [7, 11) is 0. The van der Waals surface area contributed by atoms with Crippen LogP contribution in [0.4, 0.5) is 11.4 Å². The van der Waals surface area contributed by atoms with Crippen LogP contribution in [0.5, 0.6) is 0 Å². The third kappa shape index (κ3) is 3.02. The molecule has 2 N–H and O–H groups in total. The second-order valence-electron chi connectivity index (χ2n) is 4.93. The molecule has 1 aliphatic carbocycles. The first-order valence-electron chi connectivity index (χ1n) is 6.34. The highest BCUT2D eigenvalue weighted by Crippen LogP contribution is 2.24. The number of allylic oxidation sites excluding steroid dienone is 1. The molecule has 0 bridgehead atoms. The second kappa shape index (κ2) is 5.26. The van der Waals surface area contributed by atoms with Crippen molar-refractivity contribution in [2.24, 2.45) is 5.92 Å². The molecule has 0 aromatic heterocycles. The topological polar surface area (TPSA) is 58.2 Å². The lowest BCUT2D eigenvalue weighted by Gasteiger charge is -2.17. The summed E-state index contributed by atoms with van der Waals surface area (Å²) < 4.78 is 0. The van der Waals surface area contributed by atoms with Gasteiger partial charge in [-0.2, -0.15) is 0 Å². The quantitative estimate of drug-likeness (QED) is 0.876. The van der Waals surface area contributed by atoms with Crippen LogP contribution in [0.1, 0.15) is 20.8 Å². The lowest BCUT2D eigenvalue weighted by atomic mass is 10.0. The van der Waals surface area contributed by atoms with Crippen molar-refractivity contribution < 1.29 is 9.59 Å². The average molecular weight is 258 g/mol. The van der Waals surface area contributed by atoms with Crippen LogP contribution in [0.25, 0.3) is 0 Å².